The van der Waals surface area contributed by atoms with E-state index in [-0.39, 0.29) is 11.6 Å². The molecular weight excluding hydrogens is 331 g/mol. The predicted molar refractivity (Wildman–Crippen MR) is 91.9 cm³/mol. The van der Waals surface area contributed by atoms with Gasteiger partial charge in [0, 0.05) is 18.8 Å². The van der Waals surface area contributed by atoms with Gasteiger partial charge in [-0.05, 0) is 43.9 Å². The van der Waals surface area contributed by atoms with Crippen molar-refractivity contribution in [3.8, 4) is 0 Å². The number of nitrogens with zero attached hydrogens (tertiary/aromatic N) is 4. The Morgan fingerprint density at radius 3 is 2.52 bits per heavy atom. The first kappa shape index (κ1) is 17.3. The second kappa shape index (κ2) is 6.78. The molecule has 1 aromatic heterocycles. The van der Waals surface area contributed by atoms with Crippen molar-refractivity contribution >= 4 is 17.9 Å². The largest absolute Gasteiger partial charge is 0.418 e. The van der Waals surface area contributed by atoms with Crippen LogP contribution in [0.15, 0.2) is 29.5 Å². The highest BCUT2D eigenvalue weighted by atomic mass is 19.4. The smallest absolute Gasteiger partial charge is 0.371 e. The summed E-state index contributed by atoms with van der Waals surface area (Å²) in [5.74, 6) is 0.190. The number of hydrogen-bond donors (Lipinski definition) is 1. The molecule has 0 amide bonds. The molecule has 0 atom stereocenters. The minimum absolute atomic E-state index is 0.190. The van der Waals surface area contributed by atoms with Gasteiger partial charge >= 0.3 is 6.18 Å². The fourth-order valence-electron chi connectivity index (χ4n) is 3.00. The van der Waals surface area contributed by atoms with Gasteiger partial charge < -0.3 is 10.6 Å². The van der Waals surface area contributed by atoms with Gasteiger partial charge in [0.2, 0.25) is 5.95 Å². The van der Waals surface area contributed by atoms with Crippen molar-refractivity contribution in [3.63, 3.8) is 0 Å². The van der Waals surface area contributed by atoms with Gasteiger partial charge in [-0.3, -0.25) is 0 Å². The highest BCUT2D eigenvalue weighted by Crippen LogP contribution is 2.38. The minimum Gasteiger partial charge on any atom is -0.371 e. The van der Waals surface area contributed by atoms with Crippen LogP contribution in [0.1, 0.15) is 36.1 Å². The van der Waals surface area contributed by atoms with Crippen LogP contribution in [0.25, 0.3) is 0 Å². The molecular formula is C17H20F3N5. The van der Waals surface area contributed by atoms with E-state index in [9.17, 15) is 13.2 Å². The molecule has 0 saturated carbocycles. The number of anilines is 2. The zero-order valence-electron chi connectivity index (χ0n) is 13.9. The number of alkyl halides is 3. The van der Waals surface area contributed by atoms with E-state index in [1.807, 2.05) is 4.90 Å². The van der Waals surface area contributed by atoms with Crippen LogP contribution in [-0.4, -0.2) is 29.0 Å². The van der Waals surface area contributed by atoms with Gasteiger partial charge in [-0.1, -0.05) is 6.07 Å². The van der Waals surface area contributed by atoms with Crippen LogP contribution in [-0.2, 0) is 6.18 Å². The van der Waals surface area contributed by atoms with Gasteiger partial charge in [0.25, 0.3) is 0 Å². The summed E-state index contributed by atoms with van der Waals surface area (Å²) in [6.07, 6.45) is 1.44. The van der Waals surface area contributed by atoms with E-state index >= 15 is 0 Å². The van der Waals surface area contributed by atoms with Crippen molar-refractivity contribution in [2.75, 3.05) is 23.7 Å². The molecule has 2 N–H and O–H groups in total. The van der Waals surface area contributed by atoms with Crippen LogP contribution in [0.3, 0.4) is 0 Å². The molecule has 25 heavy (non-hydrogen) atoms. The van der Waals surface area contributed by atoms with Crippen LogP contribution in [0.4, 0.5) is 24.8 Å². The number of nitrogen functional groups attached to an aromatic ring is 1. The molecule has 2 aromatic rings. The third-order valence-corrected chi connectivity index (χ3v) is 4.19. The molecule has 0 unspecified atom stereocenters. The van der Waals surface area contributed by atoms with E-state index in [1.54, 1.807) is 19.2 Å². The van der Waals surface area contributed by atoms with Crippen LogP contribution in [0.5, 0.6) is 0 Å². The number of hydrogen-bond acceptors (Lipinski definition) is 4. The lowest BCUT2D eigenvalue weighted by molar-refractivity contribution is -0.137. The second-order valence-corrected chi connectivity index (χ2v) is 6.15. The van der Waals surface area contributed by atoms with Crippen molar-refractivity contribution in [3.05, 3.63) is 41.2 Å². The number of halogens is 3. The average molecular weight is 351 g/mol. The Kier molecular flexibility index (Phi) is 4.69. The summed E-state index contributed by atoms with van der Waals surface area (Å²) in [5.41, 5.74) is 6.33. The van der Waals surface area contributed by atoms with Crippen LogP contribution in [0.2, 0.25) is 0 Å². The fraction of sp³-hybridized carbons (Fsp3) is 0.412. The SMILES string of the molecule is Cc1cn(N=Cc2ccc(N3CCCCC3)c(C(F)(F)F)c2)c(N)n1. The molecule has 2 heterocycles. The zero-order chi connectivity index (χ0) is 18.0. The van der Waals surface area contributed by atoms with E-state index in [0.717, 1.165) is 25.3 Å². The number of aromatic nitrogens is 2. The van der Waals surface area contributed by atoms with Gasteiger partial charge in [0.05, 0.1) is 23.7 Å². The van der Waals surface area contributed by atoms with Gasteiger partial charge in [-0.2, -0.15) is 18.3 Å². The summed E-state index contributed by atoms with van der Waals surface area (Å²) in [5, 5.41) is 4.09. The molecule has 5 nitrogen and oxygen atoms in total. The first-order chi connectivity index (χ1) is 11.8. The molecule has 1 aromatic carbocycles. The van der Waals surface area contributed by atoms with Crippen LogP contribution < -0.4 is 10.6 Å². The van der Waals surface area contributed by atoms with Gasteiger partial charge in [-0.15, -0.1) is 0 Å². The minimum atomic E-state index is -4.42. The first-order valence-corrected chi connectivity index (χ1v) is 8.16. The highest BCUT2D eigenvalue weighted by molar-refractivity contribution is 5.81. The first-order valence-electron chi connectivity index (χ1n) is 8.16. The molecule has 8 heteroatoms. The number of aryl methyl sites for hydroxylation is 1. The number of imidazole rings is 1. The molecule has 1 aliphatic rings. The Labute approximate surface area is 144 Å². The normalized spacial score (nSPS) is 15.9. The van der Waals surface area contributed by atoms with Crippen molar-refractivity contribution < 1.29 is 13.2 Å². The maximum absolute atomic E-state index is 13.5. The van der Waals surface area contributed by atoms with Crippen molar-refractivity contribution in [1.82, 2.24) is 9.66 Å². The van der Waals surface area contributed by atoms with E-state index in [1.165, 1.54) is 17.0 Å². The molecule has 1 saturated heterocycles. The third-order valence-electron chi connectivity index (χ3n) is 4.19. The van der Waals surface area contributed by atoms with Gasteiger partial charge in [-0.25, -0.2) is 9.66 Å². The molecule has 3 rings (SSSR count). The topological polar surface area (TPSA) is 59.4 Å². The fourth-order valence-corrected chi connectivity index (χ4v) is 3.00. The van der Waals surface area contributed by atoms with Crippen molar-refractivity contribution in [2.45, 2.75) is 32.4 Å². The summed E-state index contributed by atoms with van der Waals surface area (Å²) in [6, 6.07) is 4.30. The lowest BCUT2D eigenvalue weighted by Gasteiger charge is -2.31. The van der Waals surface area contributed by atoms with Gasteiger partial charge in [0.1, 0.15) is 0 Å². The second-order valence-electron chi connectivity index (χ2n) is 6.15. The van der Waals surface area contributed by atoms with E-state index < -0.39 is 11.7 Å². The predicted octanol–water partition coefficient (Wildman–Crippen LogP) is 3.67. The molecule has 0 aliphatic carbocycles. The Hall–Kier alpha value is -2.51. The van der Waals surface area contributed by atoms with Crippen LogP contribution >= 0.6 is 0 Å². The third kappa shape index (κ3) is 3.94. The summed E-state index contributed by atoms with van der Waals surface area (Å²) in [4.78, 5) is 5.81. The Balaban J connectivity index is 1.92. The maximum Gasteiger partial charge on any atom is 0.418 e. The number of rotatable bonds is 3. The molecule has 0 radical (unpaired) electrons. The van der Waals surface area contributed by atoms with E-state index in [4.69, 9.17) is 5.73 Å². The highest BCUT2D eigenvalue weighted by Gasteiger charge is 2.35. The summed E-state index contributed by atoms with van der Waals surface area (Å²) >= 11 is 0. The lowest BCUT2D eigenvalue weighted by atomic mass is 10.0. The van der Waals surface area contributed by atoms with Crippen molar-refractivity contribution in [2.24, 2.45) is 5.10 Å². The Bertz CT molecular complexity index is 773. The monoisotopic (exact) mass is 351 g/mol. The average Bonchev–Trinajstić information content (AvgIpc) is 2.90. The number of benzene rings is 1. The lowest BCUT2D eigenvalue weighted by Crippen LogP contribution is -2.31. The maximum atomic E-state index is 13.5. The molecule has 1 fully saturated rings. The summed E-state index contributed by atoms with van der Waals surface area (Å²) < 4.78 is 41.9. The number of piperidine rings is 1. The van der Waals surface area contributed by atoms with E-state index in [0.29, 0.717) is 24.3 Å². The van der Waals surface area contributed by atoms with Crippen LogP contribution in [0, 0.1) is 6.92 Å². The van der Waals surface area contributed by atoms with Gasteiger partial charge in [0.15, 0.2) is 0 Å². The number of nitrogens with two attached hydrogens (primary N) is 1. The quantitative estimate of drug-likeness (QED) is 0.859. The molecule has 0 spiro atoms. The zero-order valence-corrected chi connectivity index (χ0v) is 13.9. The molecule has 134 valence electrons. The Morgan fingerprint density at radius 2 is 1.92 bits per heavy atom. The Morgan fingerprint density at radius 1 is 1.20 bits per heavy atom. The molecule has 1 aliphatic heterocycles. The summed E-state index contributed by atoms with van der Waals surface area (Å²) in [6.45, 7) is 3.07. The van der Waals surface area contributed by atoms with E-state index in [2.05, 4.69) is 10.1 Å². The summed E-state index contributed by atoms with van der Waals surface area (Å²) in [7, 11) is 0. The standard InChI is InChI=1S/C17H20F3N5/c1-12-11-25(16(21)23-12)22-10-13-5-6-15(14(9-13)17(18,19)20)24-7-3-2-4-8-24/h5-6,9-11H,2-4,7-8H2,1H3,(H2,21,23). The van der Waals surface area contributed by atoms with Crippen molar-refractivity contribution in [1.29, 1.82) is 0 Å². The molecule has 0 bridgehead atoms.